The molecule has 0 saturated heterocycles. The molecule has 0 aliphatic rings. The Hall–Kier alpha value is -2.87. The van der Waals surface area contributed by atoms with Crippen molar-refractivity contribution in [3.8, 4) is 6.01 Å². The molecule has 0 atom stereocenters. The average molecular weight is 370 g/mol. The molecule has 0 aliphatic carbocycles. The zero-order chi connectivity index (χ0) is 19.1. The highest BCUT2D eigenvalue weighted by atomic mass is 16.5. The summed E-state index contributed by atoms with van der Waals surface area (Å²) in [6, 6.07) is 10.4. The van der Waals surface area contributed by atoms with Crippen molar-refractivity contribution in [2.24, 2.45) is 0 Å². The smallest absolute Gasteiger partial charge is 0.320 e. The summed E-state index contributed by atoms with van der Waals surface area (Å²) in [5.41, 5.74) is 8.50. The highest BCUT2D eigenvalue weighted by Crippen LogP contribution is 2.25. The minimum atomic E-state index is 0.228. The van der Waals surface area contributed by atoms with Crippen molar-refractivity contribution in [2.45, 2.75) is 26.3 Å². The molecule has 2 aromatic heterocycles. The van der Waals surface area contributed by atoms with Gasteiger partial charge in [0, 0.05) is 13.7 Å². The predicted molar refractivity (Wildman–Crippen MR) is 106 cm³/mol. The van der Waals surface area contributed by atoms with E-state index in [-0.39, 0.29) is 6.01 Å². The van der Waals surface area contributed by atoms with E-state index >= 15 is 0 Å². The molecule has 0 radical (unpaired) electrons. The van der Waals surface area contributed by atoms with E-state index in [2.05, 4.69) is 39.3 Å². The molecule has 3 N–H and O–H groups in total. The summed E-state index contributed by atoms with van der Waals surface area (Å²) < 4.78 is 12.6. The van der Waals surface area contributed by atoms with Crippen LogP contribution in [0.5, 0.6) is 6.01 Å². The van der Waals surface area contributed by atoms with Gasteiger partial charge in [0.05, 0.1) is 13.2 Å². The van der Waals surface area contributed by atoms with Crippen LogP contribution in [0.25, 0.3) is 11.2 Å². The van der Waals surface area contributed by atoms with Gasteiger partial charge in [0.15, 0.2) is 17.0 Å². The summed E-state index contributed by atoms with van der Waals surface area (Å²) >= 11 is 0. The molecule has 0 unspecified atom stereocenters. The Balaban J connectivity index is 1.98. The van der Waals surface area contributed by atoms with Crippen LogP contribution >= 0.6 is 0 Å². The fourth-order valence-electron chi connectivity index (χ4n) is 2.71. The normalized spacial score (nSPS) is 11.0. The summed E-state index contributed by atoms with van der Waals surface area (Å²) in [6.45, 7) is 4.42. The Morgan fingerprint density at radius 3 is 2.67 bits per heavy atom. The maximum Gasteiger partial charge on any atom is 0.320 e. The fourth-order valence-corrected chi connectivity index (χ4v) is 2.71. The number of nitrogens with two attached hydrogens (primary N) is 1. The number of benzene rings is 1. The molecule has 0 spiro atoms. The van der Waals surface area contributed by atoms with Crippen LogP contribution in [0.2, 0.25) is 0 Å². The van der Waals surface area contributed by atoms with Crippen molar-refractivity contribution < 1.29 is 9.47 Å². The minimum absolute atomic E-state index is 0.228. The number of unbranched alkanes of at least 4 members (excludes halogenated alkanes) is 1. The van der Waals surface area contributed by atoms with Crippen LogP contribution in [0.15, 0.2) is 30.3 Å². The second-order valence-electron chi connectivity index (χ2n) is 6.19. The Kier molecular flexibility index (Phi) is 6.43. The first-order valence-corrected chi connectivity index (χ1v) is 9.16. The van der Waals surface area contributed by atoms with Crippen molar-refractivity contribution in [1.29, 1.82) is 0 Å². The first-order valence-electron chi connectivity index (χ1n) is 9.16. The summed E-state index contributed by atoms with van der Waals surface area (Å²) in [4.78, 5) is 13.4. The quantitative estimate of drug-likeness (QED) is 0.529. The molecule has 144 valence electrons. The second-order valence-corrected chi connectivity index (χ2v) is 6.19. The van der Waals surface area contributed by atoms with Gasteiger partial charge in [-0.25, -0.2) is 4.98 Å². The van der Waals surface area contributed by atoms with Gasteiger partial charge in [-0.3, -0.25) is 4.57 Å². The van der Waals surface area contributed by atoms with E-state index in [9.17, 15) is 0 Å². The number of anilines is 2. The first kappa shape index (κ1) is 18.9. The second kappa shape index (κ2) is 9.18. The van der Waals surface area contributed by atoms with Gasteiger partial charge in [-0.05, 0) is 12.0 Å². The number of hydrogen-bond acceptors (Lipinski definition) is 7. The lowest BCUT2D eigenvalue weighted by molar-refractivity contribution is 0.141. The lowest BCUT2D eigenvalue weighted by Gasteiger charge is -2.11. The molecule has 0 amide bonds. The number of aromatic nitrogens is 4. The zero-order valence-electron chi connectivity index (χ0n) is 15.8. The van der Waals surface area contributed by atoms with Gasteiger partial charge in [-0.2, -0.15) is 9.97 Å². The number of rotatable bonds is 10. The maximum absolute atomic E-state index is 6.13. The standard InChI is InChI=1S/C19H26N6O2/c1-3-4-10-21-18-22-15-16(20)23-19(27-12-11-26-2)24-17(15)25(18)13-14-8-6-5-7-9-14/h5-9H,3-4,10-13H2,1-2H3,(H,21,22)(H2,20,23,24). The zero-order valence-corrected chi connectivity index (χ0v) is 15.8. The van der Waals surface area contributed by atoms with E-state index in [0.717, 1.165) is 30.9 Å². The average Bonchev–Trinajstić information content (AvgIpc) is 3.01. The highest BCUT2D eigenvalue weighted by molar-refractivity contribution is 5.84. The molecule has 0 saturated carbocycles. The van der Waals surface area contributed by atoms with Crippen LogP contribution in [0.4, 0.5) is 11.8 Å². The molecule has 0 fully saturated rings. The summed E-state index contributed by atoms with van der Waals surface area (Å²) in [5.74, 6) is 1.04. The van der Waals surface area contributed by atoms with Crippen LogP contribution in [-0.2, 0) is 11.3 Å². The van der Waals surface area contributed by atoms with E-state index in [0.29, 0.717) is 36.7 Å². The molecule has 2 heterocycles. The van der Waals surface area contributed by atoms with Crippen molar-refractivity contribution in [1.82, 2.24) is 19.5 Å². The molecule has 0 aliphatic heterocycles. The van der Waals surface area contributed by atoms with Crippen molar-refractivity contribution in [2.75, 3.05) is 37.9 Å². The Bertz CT molecular complexity index is 866. The molecule has 0 bridgehead atoms. The Morgan fingerprint density at radius 1 is 1.11 bits per heavy atom. The molecule has 3 rings (SSSR count). The fraction of sp³-hybridized carbons (Fsp3) is 0.421. The number of nitrogens with one attached hydrogen (secondary N) is 1. The van der Waals surface area contributed by atoms with Gasteiger partial charge in [0.25, 0.3) is 0 Å². The molecule has 1 aromatic carbocycles. The Labute approximate surface area is 158 Å². The summed E-state index contributed by atoms with van der Waals surface area (Å²) in [6.07, 6.45) is 2.16. The van der Waals surface area contributed by atoms with E-state index in [4.69, 9.17) is 15.2 Å². The van der Waals surface area contributed by atoms with Crippen molar-refractivity contribution in [3.63, 3.8) is 0 Å². The third kappa shape index (κ3) is 4.65. The highest BCUT2D eigenvalue weighted by Gasteiger charge is 2.17. The molecule has 8 nitrogen and oxygen atoms in total. The van der Waals surface area contributed by atoms with Crippen LogP contribution in [-0.4, -0.2) is 46.4 Å². The van der Waals surface area contributed by atoms with E-state index < -0.39 is 0 Å². The largest absolute Gasteiger partial charge is 0.461 e. The monoisotopic (exact) mass is 370 g/mol. The number of hydrogen-bond donors (Lipinski definition) is 2. The third-order valence-electron chi connectivity index (χ3n) is 4.12. The van der Waals surface area contributed by atoms with E-state index in [1.165, 1.54) is 0 Å². The minimum Gasteiger partial charge on any atom is -0.461 e. The molecule has 3 aromatic rings. The third-order valence-corrected chi connectivity index (χ3v) is 4.12. The Morgan fingerprint density at radius 2 is 1.93 bits per heavy atom. The van der Waals surface area contributed by atoms with Gasteiger partial charge < -0.3 is 20.5 Å². The van der Waals surface area contributed by atoms with Gasteiger partial charge in [0.2, 0.25) is 5.95 Å². The summed E-state index contributed by atoms with van der Waals surface area (Å²) in [5, 5.41) is 3.39. The number of nitrogens with zero attached hydrogens (tertiary/aromatic N) is 4. The van der Waals surface area contributed by atoms with Crippen LogP contribution in [0.3, 0.4) is 0 Å². The van der Waals surface area contributed by atoms with E-state index in [1.807, 2.05) is 22.8 Å². The van der Waals surface area contributed by atoms with Crippen LogP contribution in [0.1, 0.15) is 25.3 Å². The predicted octanol–water partition coefficient (Wildman–Crippen LogP) is 2.69. The topological polar surface area (TPSA) is 100 Å². The van der Waals surface area contributed by atoms with Crippen LogP contribution < -0.4 is 15.8 Å². The first-order chi connectivity index (χ1) is 13.2. The van der Waals surface area contributed by atoms with Crippen molar-refractivity contribution >= 4 is 22.9 Å². The molecule has 27 heavy (non-hydrogen) atoms. The molecular weight excluding hydrogens is 344 g/mol. The summed E-state index contributed by atoms with van der Waals surface area (Å²) in [7, 11) is 1.62. The number of nitrogen functional groups attached to an aromatic ring is 1. The van der Waals surface area contributed by atoms with Gasteiger partial charge in [0.1, 0.15) is 6.61 Å². The van der Waals surface area contributed by atoms with Crippen molar-refractivity contribution in [3.05, 3.63) is 35.9 Å². The lowest BCUT2D eigenvalue weighted by Crippen LogP contribution is -2.11. The maximum atomic E-state index is 6.13. The number of methoxy groups -OCH3 is 1. The number of ether oxygens (including phenoxy) is 2. The lowest BCUT2D eigenvalue weighted by atomic mass is 10.2. The van der Waals surface area contributed by atoms with Crippen LogP contribution in [0, 0.1) is 0 Å². The van der Waals surface area contributed by atoms with Gasteiger partial charge >= 0.3 is 6.01 Å². The molecular formula is C19H26N6O2. The van der Waals surface area contributed by atoms with E-state index in [1.54, 1.807) is 7.11 Å². The van der Waals surface area contributed by atoms with Gasteiger partial charge in [-0.1, -0.05) is 43.7 Å². The SMILES string of the molecule is CCCCNc1nc2c(N)nc(OCCOC)nc2n1Cc1ccccc1. The molecule has 8 heteroatoms. The number of fused-ring (bicyclic) bond motifs is 1. The van der Waals surface area contributed by atoms with Gasteiger partial charge in [-0.15, -0.1) is 0 Å². The number of imidazole rings is 1.